The summed E-state index contributed by atoms with van der Waals surface area (Å²) in [5, 5.41) is 5.62. The van der Waals surface area contributed by atoms with Crippen LogP contribution in [0.3, 0.4) is 0 Å². The number of amides is 1. The second-order valence-corrected chi connectivity index (χ2v) is 8.64. The molecule has 0 unspecified atom stereocenters. The summed E-state index contributed by atoms with van der Waals surface area (Å²) in [6.07, 6.45) is 1.12. The van der Waals surface area contributed by atoms with Crippen molar-refractivity contribution >= 4 is 27.1 Å². The van der Waals surface area contributed by atoms with Crippen LogP contribution in [0, 0.1) is 0 Å². The summed E-state index contributed by atoms with van der Waals surface area (Å²) in [5.41, 5.74) is 1.32. The van der Waals surface area contributed by atoms with Gasteiger partial charge in [0.05, 0.1) is 17.1 Å². The molecule has 8 heteroatoms. The van der Waals surface area contributed by atoms with Crippen LogP contribution in [0.25, 0.3) is 0 Å². The number of benzene rings is 1. The molecule has 0 aliphatic heterocycles. The standard InChI is InChI=1S/C17H23N3O3S2/c1-4-20(5-2)11-14-12-24-16(19-14)10-18-17(21)13-7-6-8-15(9-13)25(3,22)23/h6-9,12H,4-5,10-11H2,1-3H3,(H,18,21). The molecule has 0 bridgehead atoms. The first-order valence-electron chi connectivity index (χ1n) is 8.07. The molecule has 0 spiro atoms. The van der Waals surface area contributed by atoms with Crippen LogP contribution < -0.4 is 5.32 Å². The molecule has 1 N–H and O–H groups in total. The molecule has 0 radical (unpaired) electrons. The number of sulfone groups is 1. The van der Waals surface area contributed by atoms with Crippen molar-refractivity contribution in [1.29, 1.82) is 0 Å². The molecule has 25 heavy (non-hydrogen) atoms. The summed E-state index contributed by atoms with van der Waals surface area (Å²) in [5.74, 6) is -0.314. The highest BCUT2D eigenvalue weighted by atomic mass is 32.2. The van der Waals surface area contributed by atoms with Crippen molar-refractivity contribution in [3.63, 3.8) is 0 Å². The first-order chi connectivity index (χ1) is 11.8. The predicted octanol–water partition coefficient (Wildman–Crippen LogP) is 2.32. The topological polar surface area (TPSA) is 79.4 Å². The van der Waals surface area contributed by atoms with E-state index >= 15 is 0 Å². The molecular formula is C17H23N3O3S2. The van der Waals surface area contributed by atoms with Crippen LogP contribution in [0.1, 0.15) is 34.9 Å². The SMILES string of the molecule is CCN(CC)Cc1csc(CNC(=O)c2cccc(S(C)(=O)=O)c2)n1. The van der Waals surface area contributed by atoms with E-state index in [1.807, 2.05) is 5.38 Å². The van der Waals surface area contributed by atoms with Crippen LogP contribution in [0.15, 0.2) is 34.5 Å². The van der Waals surface area contributed by atoms with Crippen LogP contribution >= 0.6 is 11.3 Å². The van der Waals surface area contributed by atoms with Crippen LogP contribution in [-0.2, 0) is 22.9 Å². The van der Waals surface area contributed by atoms with Crippen molar-refractivity contribution in [2.75, 3.05) is 19.3 Å². The van der Waals surface area contributed by atoms with E-state index in [9.17, 15) is 13.2 Å². The Morgan fingerprint density at radius 2 is 2.00 bits per heavy atom. The van der Waals surface area contributed by atoms with Gasteiger partial charge in [-0.15, -0.1) is 11.3 Å². The molecule has 2 rings (SSSR count). The average Bonchev–Trinajstić information content (AvgIpc) is 3.04. The smallest absolute Gasteiger partial charge is 0.251 e. The molecule has 1 amide bonds. The van der Waals surface area contributed by atoms with Gasteiger partial charge in [0.2, 0.25) is 0 Å². The lowest BCUT2D eigenvalue weighted by atomic mass is 10.2. The number of nitrogens with zero attached hydrogens (tertiary/aromatic N) is 2. The van der Waals surface area contributed by atoms with E-state index in [-0.39, 0.29) is 10.8 Å². The molecule has 0 atom stereocenters. The minimum atomic E-state index is -3.33. The van der Waals surface area contributed by atoms with Gasteiger partial charge in [0.25, 0.3) is 5.91 Å². The third-order valence-corrected chi connectivity index (χ3v) is 5.81. The summed E-state index contributed by atoms with van der Waals surface area (Å²) >= 11 is 1.51. The molecule has 136 valence electrons. The van der Waals surface area contributed by atoms with Gasteiger partial charge in [-0.3, -0.25) is 9.69 Å². The Bertz CT molecular complexity index is 827. The summed E-state index contributed by atoms with van der Waals surface area (Å²) in [6, 6.07) is 6.03. The van der Waals surface area contributed by atoms with Gasteiger partial charge in [-0.2, -0.15) is 0 Å². The number of hydrogen-bond acceptors (Lipinski definition) is 6. The number of hydrogen-bond donors (Lipinski definition) is 1. The van der Waals surface area contributed by atoms with Crippen molar-refractivity contribution in [1.82, 2.24) is 15.2 Å². The van der Waals surface area contributed by atoms with Gasteiger partial charge in [0, 0.05) is 23.7 Å². The molecule has 0 saturated carbocycles. The third kappa shape index (κ3) is 5.62. The summed E-state index contributed by atoms with van der Waals surface area (Å²) in [4.78, 5) is 19.2. The molecular weight excluding hydrogens is 358 g/mol. The van der Waals surface area contributed by atoms with E-state index in [0.717, 1.165) is 36.6 Å². The molecule has 1 aromatic carbocycles. The van der Waals surface area contributed by atoms with E-state index in [0.29, 0.717) is 12.1 Å². The Hall–Kier alpha value is -1.77. The Morgan fingerprint density at radius 3 is 2.64 bits per heavy atom. The zero-order valence-corrected chi connectivity index (χ0v) is 16.3. The number of aromatic nitrogens is 1. The van der Waals surface area contributed by atoms with E-state index in [1.54, 1.807) is 12.1 Å². The normalized spacial score (nSPS) is 11.7. The molecule has 0 saturated heterocycles. The lowest BCUT2D eigenvalue weighted by Gasteiger charge is -2.15. The largest absolute Gasteiger partial charge is 0.346 e. The molecule has 6 nitrogen and oxygen atoms in total. The van der Waals surface area contributed by atoms with Gasteiger partial charge in [-0.05, 0) is 31.3 Å². The van der Waals surface area contributed by atoms with E-state index in [4.69, 9.17) is 0 Å². The fourth-order valence-corrected chi connectivity index (χ4v) is 3.70. The van der Waals surface area contributed by atoms with Crippen molar-refractivity contribution in [2.24, 2.45) is 0 Å². The Morgan fingerprint density at radius 1 is 1.28 bits per heavy atom. The predicted molar refractivity (Wildman–Crippen MR) is 99.5 cm³/mol. The summed E-state index contributed by atoms with van der Waals surface area (Å²) < 4.78 is 23.2. The first-order valence-corrected chi connectivity index (χ1v) is 10.8. The van der Waals surface area contributed by atoms with Gasteiger partial charge in [-0.25, -0.2) is 13.4 Å². The van der Waals surface area contributed by atoms with E-state index in [2.05, 4.69) is 29.0 Å². The quantitative estimate of drug-likeness (QED) is 0.759. The highest BCUT2D eigenvalue weighted by Crippen LogP contribution is 2.13. The Balaban J connectivity index is 1.98. The summed E-state index contributed by atoms with van der Waals surface area (Å²) in [6.45, 7) is 7.29. The van der Waals surface area contributed by atoms with E-state index < -0.39 is 9.84 Å². The van der Waals surface area contributed by atoms with Gasteiger partial charge < -0.3 is 5.32 Å². The van der Waals surface area contributed by atoms with E-state index in [1.165, 1.54) is 23.5 Å². The highest BCUT2D eigenvalue weighted by Gasteiger charge is 2.12. The van der Waals surface area contributed by atoms with Gasteiger partial charge in [0.15, 0.2) is 9.84 Å². The van der Waals surface area contributed by atoms with Crippen LogP contribution in [-0.4, -0.2) is 43.6 Å². The number of carbonyl (C=O) groups excluding carboxylic acids is 1. The molecule has 1 aromatic heterocycles. The Labute approximate surface area is 152 Å². The van der Waals surface area contributed by atoms with Gasteiger partial charge in [0.1, 0.15) is 5.01 Å². The lowest BCUT2D eigenvalue weighted by molar-refractivity contribution is 0.0950. The zero-order valence-electron chi connectivity index (χ0n) is 14.7. The molecule has 0 fully saturated rings. The van der Waals surface area contributed by atoms with Crippen molar-refractivity contribution in [3.8, 4) is 0 Å². The van der Waals surface area contributed by atoms with Gasteiger partial charge >= 0.3 is 0 Å². The highest BCUT2D eigenvalue weighted by molar-refractivity contribution is 7.90. The monoisotopic (exact) mass is 381 g/mol. The van der Waals surface area contributed by atoms with Crippen LogP contribution in [0.2, 0.25) is 0 Å². The Kier molecular flexibility index (Phi) is 6.69. The van der Waals surface area contributed by atoms with Crippen molar-refractivity contribution < 1.29 is 13.2 Å². The van der Waals surface area contributed by atoms with Crippen molar-refractivity contribution in [3.05, 3.63) is 45.9 Å². The van der Waals surface area contributed by atoms with Gasteiger partial charge in [-0.1, -0.05) is 19.9 Å². The average molecular weight is 382 g/mol. The molecule has 0 aliphatic rings. The molecule has 0 aliphatic carbocycles. The zero-order chi connectivity index (χ0) is 18.4. The maximum Gasteiger partial charge on any atom is 0.251 e. The number of thiazole rings is 1. The number of carbonyl (C=O) groups is 1. The number of rotatable bonds is 8. The summed E-state index contributed by atoms with van der Waals surface area (Å²) in [7, 11) is -3.33. The third-order valence-electron chi connectivity index (χ3n) is 3.80. The maximum absolute atomic E-state index is 12.2. The maximum atomic E-state index is 12.2. The fourth-order valence-electron chi connectivity index (χ4n) is 2.30. The number of nitrogens with one attached hydrogen (secondary N) is 1. The van der Waals surface area contributed by atoms with Crippen LogP contribution in [0.4, 0.5) is 0 Å². The molecule has 2 aromatic rings. The second-order valence-electron chi connectivity index (χ2n) is 5.68. The minimum Gasteiger partial charge on any atom is -0.346 e. The lowest BCUT2D eigenvalue weighted by Crippen LogP contribution is -2.23. The fraction of sp³-hybridized carbons (Fsp3) is 0.412. The first kappa shape index (κ1) is 19.6. The van der Waals surface area contributed by atoms with Crippen LogP contribution in [0.5, 0.6) is 0 Å². The molecule has 1 heterocycles. The second kappa shape index (κ2) is 8.55. The minimum absolute atomic E-state index is 0.135. The van der Waals surface area contributed by atoms with Crippen molar-refractivity contribution in [2.45, 2.75) is 31.8 Å².